The number of carbonyl (C=O) groups is 2. The lowest BCUT2D eigenvalue weighted by Gasteiger charge is -2.38. The van der Waals surface area contributed by atoms with Crippen LogP contribution in [0.25, 0.3) is 0 Å². The van der Waals surface area contributed by atoms with E-state index in [-0.39, 0.29) is 30.9 Å². The molecule has 1 unspecified atom stereocenters. The summed E-state index contributed by atoms with van der Waals surface area (Å²) >= 11 is 0. The smallest absolute Gasteiger partial charge is 0.256 e. The third kappa shape index (κ3) is 6.46. The zero-order valence-electron chi connectivity index (χ0n) is 19.1. The number of nitrogens with zero attached hydrogens (tertiary/aromatic N) is 1. The van der Waals surface area contributed by atoms with E-state index >= 15 is 0 Å². The Morgan fingerprint density at radius 3 is 2.44 bits per heavy atom. The minimum Gasteiger partial charge on any atom is -0.394 e. The second-order valence-corrected chi connectivity index (χ2v) is 7.41. The number of likely N-dealkylation sites (tertiary alicyclic amines) is 1. The summed E-state index contributed by atoms with van der Waals surface area (Å²) in [6, 6.07) is 6.01. The molecule has 4 N–H and O–H groups in total. The molecule has 186 valence electrons. The molecule has 0 bridgehead atoms. The molecular weight excluding hydrogens is 455 g/mol. The number of aliphatic hydroxyl groups excluding tert-OH is 2. The number of amides is 2. The van der Waals surface area contributed by atoms with Gasteiger partial charge in [0.25, 0.3) is 5.91 Å². The molecule has 0 radical (unpaired) electrons. The molecule has 2 aromatic rings. The van der Waals surface area contributed by atoms with Crippen molar-refractivity contribution >= 4 is 23.2 Å². The van der Waals surface area contributed by atoms with Crippen molar-refractivity contribution in [3.63, 3.8) is 0 Å². The van der Waals surface area contributed by atoms with Gasteiger partial charge in [0.15, 0.2) is 11.6 Å². The van der Waals surface area contributed by atoms with Crippen LogP contribution in [0.3, 0.4) is 0 Å². The highest BCUT2D eigenvalue weighted by molar-refractivity contribution is 6.01. The van der Waals surface area contributed by atoms with Gasteiger partial charge in [0.1, 0.15) is 18.5 Å². The average Bonchev–Trinajstić information content (AvgIpc) is 2.78. The van der Waals surface area contributed by atoms with Crippen molar-refractivity contribution in [2.75, 3.05) is 31.6 Å². The van der Waals surface area contributed by atoms with Crippen molar-refractivity contribution in [1.82, 2.24) is 10.4 Å². The molecule has 1 fully saturated rings. The van der Waals surface area contributed by atoms with E-state index in [2.05, 4.69) is 10.8 Å². The molecule has 2 aromatic carbocycles. The minimum absolute atomic E-state index is 0.00604. The Morgan fingerprint density at radius 1 is 1.15 bits per heavy atom. The number of hydroxylamine groups is 1. The summed E-state index contributed by atoms with van der Waals surface area (Å²) in [7, 11) is 0. The first-order valence-electron chi connectivity index (χ1n) is 10.7. The summed E-state index contributed by atoms with van der Waals surface area (Å²) in [5, 5.41) is 20.3. The van der Waals surface area contributed by atoms with Crippen LogP contribution in [0.4, 0.5) is 24.5 Å². The van der Waals surface area contributed by atoms with E-state index in [0.29, 0.717) is 5.56 Å². The number of halogens is 3. The molecule has 1 aliphatic heterocycles. The molecule has 2 amide bonds. The Hall–Kier alpha value is -3.15. The third-order valence-electron chi connectivity index (χ3n) is 4.91. The van der Waals surface area contributed by atoms with E-state index in [4.69, 9.17) is 15.1 Å². The van der Waals surface area contributed by atoms with E-state index in [1.807, 2.05) is 13.8 Å². The topological polar surface area (TPSA) is 111 Å². The molecule has 0 saturated carbocycles. The van der Waals surface area contributed by atoms with Crippen molar-refractivity contribution in [3.8, 4) is 0 Å². The number of hydrogen-bond donors (Lipinski definition) is 4. The van der Waals surface area contributed by atoms with Crippen LogP contribution in [0.2, 0.25) is 0 Å². The van der Waals surface area contributed by atoms with E-state index < -0.39 is 53.6 Å². The molecule has 1 atom stereocenters. The highest BCUT2D eigenvalue weighted by Gasteiger charge is 2.37. The molecule has 8 nitrogen and oxygen atoms in total. The van der Waals surface area contributed by atoms with Crippen molar-refractivity contribution in [2.24, 2.45) is 5.92 Å². The Kier molecular flexibility index (Phi) is 9.84. The van der Waals surface area contributed by atoms with Gasteiger partial charge in [-0.3, -0.25) is 14.4 Å². The fourth-order valence-corrected chi connectivity index (χ4v) is 3.03. The molecule has 1 saturated heterocycles. The summed E-state index contributed by atoms with van der Waals surface area (Å²) < 4.78 is 42.5. The lowest BCUT2D eigenvalue weighted by Crippen LogP contribution is -2.56. The van der Waals surface area contributed by atoms with Crippen LogP contribution in [0.15, 0.2) is 30.3 Å². The quantitative estimate of drug-likeness (QED) is 0.430. The van der Waals surface area contributed by atoms with Gasteiger partial charge in [0.2, 0.25) is 5.91 Å². The monoisotopic (exact) mass is 483 g/mol. The van der Waals surface area contributed by atoms with Crippen molar-refractivity contribution in [2.45, 2.75) is 26.9 Å². The molecule has 1 heterocycles. The van der Waals surface area contributed by atoms with Gasteiger partial charge in [0.05, 0.1) is 29.5 Å². The molecule has 0 aromatic heterocycles. The first-order chi connectivity index (χ1) is 16.2. The molecule has 11 heteroatoms. The van der Waals surface area contributed by atoms with Gasteiger partial charge >= 0.3 is 0 Å². The van der Waals surface area contributed by atoms with E-state index in [0.717, 1.165) is 12.1 Å². The molecule has 0 spiro atoms. The van der Waals surface area contributed by atoms with Crippen LogP contribution in [-0.2, 0) is 9.63 Å². The maximum Gasteiger partial charge on any atom is 0.256 e. The Morgan fingerprint density at radius 2 is 1.82 bits per heavy atom. The van der Waals surface area contributed by atoms with Crippen LogP contribution < -0.4 is 10.8 Å². The fraction of sp³-hybridized carbons (Fsp3) is 0.391. The Balaban J connectivity index is 0.00000199. The molecule has 1 aliphatic rings. The largest absolute Gasteiger partial charge is 0.394 e. The SMILES string of the molecule is CC.Cc1ccc(Nc2c(C(=O)N3CC(C(=O)NOCC(O)CO)C3)ccc(F)c2F)c(F)c1. The van der Waals surface area contributed by atoms with Gasteiger partial charge < -0.3 is 20.4 Å². The first kappa shape index (κ1) is 27.1. The first-order valence-corrected chi connectivity index (χ1v) is 10.7. The van der Waals surface area contributed by atoms with E-state index in [9.17, 15) is 22.8 Å². The Bertz CT molecular complexity index is 1020. The number of aliphatic hydroxyl groups is 2. The predicted octanol–water partition coefficient (Wildman–Crippen LogP) is 2.66. The number of rotatable bonds is 8. The molecule has 34 heavy (non-hydrogen) atoms. The van der Waals surface area contributed by atoms with Crippen LogP contribution in [0.1, 0.15) is 29.8 Å². The standard InChI is InChI=1S/C21H22F3N3O5.C2H6/c1-11-2-5-17(16(23)6-11)25-19-14(3-4-15(22)18(19)24)21(31)27-7-12(8-27)20(30)26-32-10-13(29)9-28;1-2/h2-6,12-13,25,28-29H,7-10H2,1H3,(H,26,30);1-2H3. The number of anilines is 2. The van der Waals surface area contributed by atoms with Crippen molar-refractivity contribution in [3.05, 3.63) is 58.9 Å². The predicted molar refractivity (Wildman–Crippen MR) is 119 cm³/mol. The fourth-order valence-electron chi connectivity index (χ4n) is 3.03. The zero-order valence-corrected chi connectivity index (χ0v) is 19.1. The average molecular weight is 483 g/mol. The summed E-state index contributed by atoms with van der Waals surface area (Å²) in [6.45, 7) is 4.82. The summed E-state index contributed by atoms with van der Waals surface area (Å²) in [5.74, 6) is -5.05. The lowest BCUT2D eigenvalue weighted by molar-refractivity contribution is -0.145. The minimum atomic E-state index is -1.33. The van der Waals surface area contributed by atoms with Gasteiger partial charge in [-0.15, -0.1) is 0 Å². The third-order valence-corrected chi connectivity index (χ3v) is 4.91. The maximum absolute atomic E-state index is 14.5. The highest BCUT2D eigenvalue weighted by Crippen LogP contribution is 2.30. The second-order valence-electron chi connectivity index (χ2n) is 7.41. The van der Waals surface area contributed by atoms with Crippen LogP contribution in [0, 0.1) is 30.3 Å². The summed E-state index contributed by atoms with van der Waals surface area (Å²) in [6.07, 6.45) is -1.15. The second kappa shape index (κ2) is 12.4. The normalized spacial score (nSPS) is 13.9. The maximum atomic E-state index is 14.5. The highest BCUT2D eigenvalue weighted by atomic mass is 19.2. The van der Waals surface area contributed by atoms with Gasteiger partial charge in [-0.1, -0.05) is 19.9 Å². The number of benzene rings is 2. The zero-order chi connectivity index (χ0) is 25.4. The van der Waals surface area contributed by atoms with Gasteiger partial charge in [0, 0.05) is 13.1 Å². The number of carbonyl (C=O) groups excluding carboxylic acids is 2. The number of aryl methyl sites for hydroxylation is 1. The number of hydrogen-bond acceptors (Lipinski definition) is 6. The van der Waals surface area contributed by atoms with Crippen LogP contribution in [-0.4, -0.2) is 59.3 Å². The van der Waals surface area contributed by atoms with E-state index in [1.54, 1.807) is 13.0 Å². The van der Waals surface area contributed by atoms with Gasteiger partial charge in [-0.25, -0.2) is 18.7 Å². The lowest BCUT2D eigenvalue weighted by atomic mass is 9.97. The van der Waals surface area contributed by atoms with Gasteiger partial charge in [-0.2, -0.15) is 0 Å². The number of nitrogens with one attached hydrogen (secondary N) is 2. The van der Waals surface area contributed by atoms with Crippen LogP contribution in [0.5, 0.6) is 0 Å². The van der Waals surface area contributed by atoms with Crippen molar-refractivity contribution in [1.29, 1.82) is 0 Å². The Labute approximate surface area is 195 Å². The molecule has 0 aliphatic carbocycles. The van der Waals surface area contributed by atoms with Crippen molar-refractivity contribution < 1.29 is 37.8 Å². The summed E-state index contributed by atoms with van der Waals surface area (Å²) in [4.78, 5) is 30.8. The van der Waals surface area contributed by atoms with E-state index in [1.165, 1.54) is 17.0 Å². The van der Waals surface area contributed by atoms with Gasteiger partial charge in [-0.05, 0) is 36.8 Å². The summed E-state index contributed by atoms with van der Waals surface area (Å²) in [5.41, 5.74) is 1.88. The molecule has 3 rings (SSSR count). The molecular formula is C23H28F3N3O5. The van der Waals surface area contributed by atoms with Crippen LogP contribution >= 0.6 is 0 Å².